The van der Waals surface area contributed by atoms with Gasteiger partial charge in [-0.3, -0.25) is 4.79 Å². The largest absolute Gasteiger partial charge is 0.335 e. The lowest BCUT2D eigenvalue weighted by Crippen LogP contribution is -2.35. The van der Waals surface area contributed by atoms with Crippen LogP contribution < -0.4 is 5.73 Å². The molecule has 0 spiro atoms. The Morgan fingerprint density at radius 2 is 2.33 bits per heavy atom. The molecule has 3 nitrogen and oxygen atoms in total. The highest BCUT2D eigenvalue weighted by molar-refractivity contribution is 6.33. The first kappa shape index (κ1) is 13.3. The Morgan fingerprint density at radius 3 is 2.89 bits per heavy atom. The van der Waals surface area contributed by atoms with Gasteiger partial charge in [0.25, 0.3) is 5.91 Å². The van der Waals surface area contributed by atoms with E-state index in [2.05, 4.69) is 0 Å². The van der Waals surface area contributed by atoms with Crippen LogP contribution in [-0.2, 0) is 0 Å². The number of benzene rings is 1. The normalized spacial score (nSPS) is 23.4. The second kappa shape index (κ2) is 5.24. The summed E-state index contributed by atoms with van der Waals surface area (Å²) in [5.41, 5.74) is 5.58. The highest BCUT2D eigenvalue weighted by atomic mass is 35.5. The fourth-order valence-corrected chi connectivity index (χ4v) is 2.69. The van der Waals surface area contributed by atoms with Crippen LogP contribution in [0.3, 0.4) is 0 Å². The lowest BCUT2D eigenvalue weighted by Gasteiger charge is -2.22. The molecule has 2 unspecified atom stereocenters. The average Bonchev–Trinajstić information content (AvgIpc) is 2.70. The summed E-state index contributed by atoms with van der Waals surface area (Å²) in [7, 11) is 0. The van der Waals surface area contributed by atoms with Gasteiger partial charge in [-0.15, -0.1) is 0 Å². The Labute approximate surface area is 111 Å². The molecule has 18 heavy (non-hydrogen) atoms. The fraction of sp³-hybridized carbons (Fsp3) is 0.462. The summed E-state index contributed by atoms with van der Waals surface area (Å²) in [5.74, 6) is -0.632. The van der Waals surface area contributed by atoms with E-state index >= 15 is 0 Å². The molecule has 1 heterocycles. The van der Waals surface area contributed by atoms with Gasteiger partial charge in [0.15, 0.2) is 0 Å². The van der Waals surface area contributed by atoms with Crippen molar-refractivity contribution in [2.75, 3.05) is 13.1 Å². The molecule has 2 rings (SSSR count). The number of carbonyl (C=O) groups is 1. The molecule has 1 aliphatic heterocycles. The number of hydrogen-bond donors (Lipinski definition) is 1. The lowest BCUT2D eigenvalue weighted by molar-refractivity contribution is 0.0739. The summed E-state index contributed by atoms with van der Waals surface area (Å²) >= 11 is 5.91. The molecule has 1 fully saturated rings. The predicted octanol–water partition coefficient (Wildman–Crippen LogP) is 2.29. The summed E-state index contributed by atoms with van der Waals surface area (Å²) in [4.78, 5) is 14.0. The van der Waals surface area contributed by atoms with E-state index in [1.54, 1.807) is 4.90 Å². The number of carbonyl (C=O) groups excluding carboxylic acids is 1. The molecule has 98 valence electrons. The van der Waals surface area contributed by atoms with E-state index in [9.17, 15) is 9.18 Å². The highest BCUT2D eigenvalue weighted by Crippen LogP contribution is 2.27. The third kappa shape index (κ3) is 2.35. The van der Waals surface area contributed by atoms with E-state index in [-0.39, 0.29) is 28.5 Å². The molecule has 0 aromatic heterocycles. The Hall–Kier alpha value is -1.13. The molecule has 5 heteroatoms. The van der Waals surface area contributed by atoms with Gasteiger partial charge in [0.2, 0.25) is 0 Å². The molecule has 0 radical (unpaired) electrons. The molecule has 1 amide bonds. The maximum absolute atomic E-state index is 13.7. The van der Waals surface area contributed by atoms with Crippen molar-refractivity contribution in [2.45, 2.75) is 19.4 Å². The van der Waals surface area contributed by atoms with E-state index < -0.39 is 5.82 Å². The predicted molar refractivity (Wildman–Crippen MR) is 69.1 cm³/mol. The first-order chi connectivity index (χ1) is 8.54. The number of nitrogens with two attached hydrogens (primary N) is 1. The second-order valence-corrected chi connectivity index (χ2v) is 5.15. The van der Waals surface area contributed by atoms with Crippen LogP contribution in [0.25, 0.3) is 0 Å². The molecule has 1 aromatic rings. The van der Waals surface area contributed by atoms with Crippen molar-refractivity contribution in [2.24, 2.45) is 11.7 Å². The molecule has 1 aliphatic rings. The van der Waals surface area contributed by atoms with Gasteiger partial charge in [-0.05, 0) is 37.9 Å². The molecule has 0 saturated carbocycles. The van der Waals surface area contributed by atoms with Crippen LogP contribution in [0.2, 0.25) is 5.02 Å². The monoisotopic (exact) mass is 270 g/mol. The Balaban J connectivity index is 2.27. The van der Waals surface area contributed by atoms with Gasteiger partial charge in [-0.25, -0.2) is 4.39 Å². The summed E-state index contributed by atoms with van der Waals surface area (Å²) in [6, 6.07) is 4.34. The van der Waals surface area contributed by atoms with Gasteiger partial charge in [-0.1, -0.05) is 17.7 Å². The van der Waals surface area contributed by atoms with Crippen LogP contribution in [0.4, 0.5) is 4.39 Å². The van der Waals surface area contributed by atoms with Crippen LogP contribution in [-0.4, -0.2) is 29.9 Å². The van der Waals surface area contributed by atoms with E-state index in [0.717, 1.165) is 6.42 Å². The molecule has 1 saturated heterocycles. The maximum Gasteiger partial charge on any atom is 0.258 e. The van der Waals surface area contributed by atoms with Crippen molar-refractivity contribution >= 4 is 17.5 Å². The third-order valence-electron chi connectivity index (χ3n) is 3.43. The van der Waals surface area contributed by atoms with Crippen LogP contribution in [0, 0.1) is 11.7 Å². The van der Waals surface area contributed by atoms with Crippen LogP contribution in [0.5, 0.6) is 0 Å². The van der Waals surface area contributed by atoms with Crippen LogP contribution in [0.1, 0.15) is 23.7 Å². The van der Waals surface area contributed by atoms with Crippen LogP contribution >= 0.6 is 11.6 Å². The standard InChI is InChI=1S/C13H16ClFN2O/c1-8-5-9(6-16)7-17(8)13(18)12-10(14)3-2-4-11(12)15/h2-4,8-9H,5-7,16H2,1H3. The van der Waals surface area contributed by atoms with Crippen LogP contribution in [0.15, 0.2) is 18.2 Å². The zero-order chi connectivity index (χ0) is 13.3. The fourth-order valence-electron chi connectivity index (χ4n) is 2.44. The third-order valence-corrected chi connectivity index (χ3v) is 3.75. The topological polar surface area (TPSA) is 46.3 Å². The minimum absolute atomic E-state index is 0.0383. The van der Waals surface area contributed by atoms with Crippen molar-refractivity contribution in [1.82, 2.24) is 4.90 Å². The maximum atomic E-state index is 13.7. The van der Waals surface area contributed by atoms with Gasteiger partial charge in [0.1, 0.15) is 5.82 Å². The highest BCUT2D eigenvalue weighted by Gasteiger charge is 2.33. The smallest absolute Gasteiger partial charge is 0.258 e. The van der Waals surface area contributed by atoms with Gasteiger partial charge < -0.3 is 10.6 Å². The molecule has 0 aliphatic carbocycles. The first-order valence-corrected chi connectivity index (χ1v) is 6.37. The Morgan fingerprint density at radius 1 is 1.61 bits per heavy atom. The zero-order valence-electron chi connectivity index (χ0n) is 10.2. The first-order valence-electron chi connectivity index (χ1n) is 5.99. The number of rotatable bonds is 2. The Bertz CT molecular complexity index is 446. The van der Waals surface area contributed by atoms with Crippen molar-refractivity contribution in [3.63, 3.8) is 0 Å². The van der Waals surface area contributed by atoms with Crippen molar-refractivity contribution < 1.29 is 9.18 Å². The molecular weight excluding hydrogens is 255 g/mol. The van der Waals surface area contributed by atoms with Crippen molar-refractivity contribution in [1.29, 1.82) is 0 Å². The molecule has 2 N–H and O–H groups in total. The lowest BCUT2D eigenvalue weighted by atomic mass is 10.1. The van der Waals surface area contributed by atoms with E-state index in [1.165, 1.54) is 18.2 Å². The minimum atomic E-state index is -0.573. The Kier molecular flexibility index (Phi) is 3.88. The molecule has 1 aromatic carbocycles. The number of hydrogen-bond acceptors (Lipinski definition) is 2. The summed E-state index contributed by atoms with van der Waals surface area (Å²) in [6.45, 7) is 3.06. The van der Waals surface area contributed by atoms with Gasteiger partial charge in [0, 0.05) is 12.6 Å². The molecule has 0 bridgehead atoms. The number of likely N-dealkylation sites (tertiary alicyclic amines) is 1. The number of amides is 1. The molecule has 2 atom stereocenters. The summed E-state index contributed by atoms with van der Waals surface area (Å²) in [6.07, 6.45) is 0.855. The van der Waals surface area contributed by atoms with E-state index in [4.69, 9.17) is 17.3 Å². The molecular formula is C13H16ClFN2O. The quantitative estimate of drug-likeness (QED) is 0.896. The van der Waals surface area contributed by atoms with E-state index in [1.807, 2.05) is 6.92 Å². The van der Waals surface area contributed by atoms with E-state index in [0.29, 0.717) is 13.1 Å². The zero-order valence-corrected chi connectivity index (χ0v) is 11.0. The van der Waals surface area contributed by atoms with Crippen molar-refractivity contribution in [3.05, 3.63) is 34.6 Å². The second-order valence-electron chi connectivity index (χ2n) is 4.74. The number of nitrogens with zero attached hydrogens (tertiary/aromatic N) is 1. The summed E-state index contributed by atoms with van der Waals surface area (Å²) < 4.78 is 13.7. The minimum Gasteiger partial charge on any atom is -0.335 e. The van der Waals surface area contributed by atoms with Gasteiger partial charge in [-0.2, -0.15) is 0 Å². The summed E-state index contributed by atoms with van der Waals surface area (Å²) in [5, 5.41) is 0.156. The van der Waals surface area contributed by atoms with Crippen molar-refractivity contribution in [3.8, 4) is 0 Å². The average molecular weight is 271 g/mol. The van der Waals surface area contributed by atoms with Gasteiger partial charge in [0.05, 0.1) is 10.6 Å². The number of halogens is 2. The van der Waals surface area contributed by atoms with Gasteiger partial charge >= 0.3 is 0 Å². The SMILES string of the molecule is CC1CC(CN)CN1C(=O)c1c(F)cccc1Cl.